The van der Waals surface area contributed by atoms with E-state index in [2.05, 4.69) is 6.58 Å². The Bertz CT molecular complexity index is 299. The summed E-state index contributed by atoms with van der Waals surface area (Å²) in [5, 5.41) is 8.94. The van der Waals surface area contributed by atoms with Crippen LogP contribution in [0.25, 0.3) is 0 Å². The third-order valence-electron chi connectivity index (χ3n) is 1.55. The Labute approximate surface area is 81.3 Å². The van der Waals surface area contributed by atoms with Crippen molar-refractivity contribution < 1.29 is 9.50 Å². The van der Waals surface area contributed by atoms with E-state index in [9.17, 15) is 4.39 Å². The van der Waals surface area contributed by atoms with Gasteiger partial charge in [-0.2, -0.15) is 0 Å². The Kier molecular flexibility index (Phi) is 3.99. The maximum absolute atomic E-state index is 12.7. The zero-order chi connectivity index (χ0) is 9.68. The quantitative estimate of drug-likeness (QED) is 0.592. The maximum Gasteiger partial charge on any atom is 0.123 e. The first-order valence-electron chi connectivity index (χ1n) is 3.91. The van der Waals surface area contributed by atoms with Crippen LogP contribution in [0, 0.1) is 5.82 Å². The molecule has 0 atom stereocenters. The lowest BCUT2D eigenvalue weighted by atomic mass is 10.2. The number of hydrogen-bond acceptors (Lipinski definition) is 2. The Balaban J connectivity index is 2.85. The first kappa shape index (κ1) is 10.3. The van der Waals surface area contributed by atoms with E-state index in [0.717, 1.165) is 10.6 Å². The van der Waals surface area contributed by atoms with Gasteiger partial charge in [0.2, 0.25) is 0 Å². The van der Waals surface area contributed by atoms with Crippen LogP contribution in [0.15, 0.2) is 35.7 Å². The van der Waals surface area contributed by atoms with E-state index >= 15 is 0 Å². The minimum atomic E-state index is -0.313. The van der Waals surface area contributed by atoms with Crippen molar-refractivity contribution in [1.82, 2.24) is 0 Å². The summed E-state index contributed by atoms with van der Waals surface area (Å²) in [6, 6.07) is 4.42. The summed E-state index contributed by atoms with van der Waals surface area (Å²) in [6.45, 7) is 3.46. The maximum atomic E-state index is 12.7. The molecule has 0 aliphatic rings. The molecule has 0 aliphatic carbocycles. The average Bonchev–Trinajstić information content (AvgIpc) is 2.16. The second kappa shape index (κ2) is 5.04. The van der Waals surface area contributed by atoms with Crippen LogP contribution in [0.4, 0.5) is 4.39 Å². The molecule has 13 heavy (non-hydrogen) atoms. The molecule has 1 rings (SSSR count). The molecule has 0 heterocycles. The Morgan fingerprint density at radius 2 is 2.31 bits per heavy atom. The van der Waals surface area contributed by atoms with Crippen molar-refractivity contribution >= 4 is 11.8 Å². The van der Waals surface area contributed by atoms with Gasteiger partial charge >= 0.3 is 0 Å². The van der Waals surface area contributed by atoms with Crippen molar-refractivity contribution in [2.75, 3.05) is 5.75 Å². The fourth-order valence-electron chi connectivity index (χ4n) is 0.961. The van der Waals surface area contributed by atoms with Crippen LogP contribution < -0.4 is 0 Å². The van der Waals surface area contributed by atoms with Crippen LogP contribution in [0.3, 0.4) is 0 Å². The standard InChI is InChI=1S/C10H11FOS/c1-2-5-13-10-4-3-9(11)6-8(10)7-12/h2-4,6,12H,1,5,7H2. The number of hydrogen-bond donors (Lipinski definition) is 1. The normalized spacial score (nSPS) is 10.0. The number of benzene rings is 1. The number of thioether (sulfide) groups is 1. The monoisotopic (exact) mass is 198 g/mol. The topological polar surface area (TPSA) is 20.2 Å². The predicted octanol–water partition coefficient (Wildman–Crippen LogP) is 2.60. The number of aliphatic hydroxyl groups excluding tert-OH is 1. The molecule has 1 N–H and O–H groups in total. The second-order valence-corrected chi connectivity index (χ2v) is 3.57. The molecule has 1 aromatic carbocycles. The van der Waals surface area contributed by atoms with Crippen molar-refractivity contribution in [3.05, 3.63) is 42.2 Å². The van der Waals surface area contributed by atoms with Crippen LogP contribution in [0.2, 0.25) is 0 Å². The third kappa shape index (κ3) is 2.86. The van der Waals surface area contributed by atoms with Crippen LogP contribution in [0.5, 0.6) is 0 Å². The summed E-state index contributed by atoms with van der Waals surface area (Å²) in [4.78, 5) is 0.906. The van der Waals surface area contributed by atoms with Gasteiger partial charge in [0.15, 0.2) is 0 Å². The molecule has 0 saturated carbocycles. The third-order valence-corrected chi connectivity index (χ3v) is 2.66. The summed E-state index contributed by atoms with van der Waals surface area (Å²) in [5.74, 6) is 0.450. The summed E-state index contributed by atoms with van der Waals surface area (Å²) in [6.07, 6.45) is 1.77. The van der Waals surface area contributed by atoms with Gasteiger partial charge in [0, 0.05) is 10.6 Å². The summed E-state index contributed by atoms with van der Waals surface area (Å²) < 4.78 is 12.7. The van der Waals surface area contributed by atoms with Gasteiger partial charge in [-0.25, -0.2) is 4.39 Å². The van der Waals surface area contributed by atoms with E-state index < -0.39 is 0 Å². The predicted molar refractivity (Wildman–Crippen MR) is 53.2 cm³/mol. The van der Waals surface area contributed by atoms with Gasteiger partial charge in [0.1, 0.15) is 5.82 Å². The highest BCUT2D eigenvalue weighted by molar-refractivity contribution is 7.99. The zero-order valence-corrected chi connectivity index (χ0v) is 7.98. The molecule has 0 spiro atoms. The van der Waals surface area contributed by atoms with E-state index in [0.29, 0.717) is 5.56 Å². The number of rotatable bonds is 4. The highest BCUT2D eigenvalue weighted by atomic mass is 32.2. The van der Waals surface area contributed by atoms with Crippen molar-refractivity contribution in [1.29, 1.82) is 0 Å². The highest BCUT2D eigenvalue weighted by Crippen LogP contribution is 2.23. The summed E-state index contributed by atoms with van der Waals surface area (Å²) in [7, 11) is 0. The molecule has 1 nitrogen and oxygen atoms in total. The summed E-state index contributed by atoms with van der Waals surface area (Å²) >= 11 is 1.54. The molecule has 3 heteroatoms. The van der Waals surface area contributed by atoms with Gasteiger partial charge in [0.05, 0.1) is 6.61 Å². The highest BCUT2D eigenvalue weighted by Gasteiger charge is 2.02. The van der Waals surface area contributed by atoms with Crippen LogP contribution in [-0.2, 0) is 6.61 Å². The van der Waals surface area contributed by atoms with Crippen molar-refractivity contribution in [3.8, 4) is 0 Å². The Morgan fingerprint density at radius 3 is 2.92 bits per heavy atom. The molecule has 0 fully saturated rings. The van der Waals surface area contributed by atoms with Crippen LogP contribution in [0.1, 0.15) is 5.56 Å². The molecular formula is C10H11FOS. The number of aliphatic hydroxyl groups is 1. The Morgan fingerprint density at radius 1 is 1.54 bits per heavy atom. The molecule has 70 valence electrons. The first-order chi connectivity index (χ1) is 6.27. The van der Waals surface area contributed by atoms with E-state index in [4.69, 9.17) is 5.11 Å². The molecular weight excluding hydrogens is 187 g/mol. The fraction of sp³-hybridized carbons (Fsp3) is 0.200. The molecule has 0 bridgehead atoms. The van der Waals surface area contributed by atoms with Gasteiger partial charge in [-0.1, -0.05) is 6.08 Å². The molecule has 0 saturated heterocycles. The van der Waals surface area contributed by atoms with Crippen molar-refractivity contribution in [2.24, 2.45) is 0 Å². The van der Waals surface area contributed by atoms with Crippen LogP contribution >= 0.6 is 11.8 Å². The second-order valence-electron chi connectivity index (χ2n) is 2.51. The van der Waals surface area contributed by atoms with Gasteiger partial charge in [-0.15, -0.1) is 18.3 Å². The minimum Gasteiger partial charge on any atom is -0.392 e. The smallest absolute Gasteiger partial charge is 0.123 e. The molecule has 1 aromatic rings. The molecule has 0 radical (unpaired) electrons. The van der Waals surface area contributed by atoms with E-state index in [-0.39, 0.29) is 12.4 Å². The minimum absolute atomic E-state index is 0.128. The zero-order valence-electron chi connectivity index (χ0n) is 7.16. The molecule has 0 amide bonds. The van der Waals surface area contributed by atoms with Gasteiger partial charge in [0.25, 0.3) is 0 Å². The lowest BCUT2D eigenvalue weighted by Crippen LogP contribution is -1.89. The number of halogens is 1. The fourth-order valence-corrected chi connectivity index (χ4v) is 1.73. The molecule has 0 unspecified atom stereocenters. The lowest BCUT2D eigenvalue weighted by molar-refractivity contribution is 0.278. The van der Waals surface area contributed by atoms with Gasteiger partial charge < -0.3 is 5.11 Å². The van der Waals surface area contributed by atoms with E-state index in [1.807, 2.05) is 0 Å². The largest absolute Gasteiger partial charge is 0.392 e. The van der Waals surface area contributed by atoms with Crippen molar-refractivity contribution in [2.45, 2.75) is 11.5 Å². The van der Waals surface area contributed by atoms with Crippen molar-refractivity contribution in [3.63, 3.8) is 0 Å². The van der Waals surface area contributed by atoms with Crippen LogP contribution in [-0.4, -0.2) is 10.9 Å². The van der Waals surface area contributed by atoms with E-state index in [1.54, 1.807) is 12.1 Å². The molecule has 0 aliphatic heterocycles. The van der Waals surface area contributed by atoms with Gasteiger partial charge in [-0.05, 0) is 23.8 Å². The summed E-state index contributed by atoms with van der Waals surface area (Å²) in [5.41, 5.74) is 0.631. The Hall–Kier alpha value is -0.800. The molecule has 0 aromatic heterocycles. The lowest BCUT2D eigenvalue weighted by Gasteiger charge is -2.04. The first-order valence-corrected chi connectivity index (χ1v) is 4.89. The van der Waals surface area contributed by atoms with Gasteiger partial charge in [-0.3, -0.25) is 0 Å². The SMILES string of the molecule is C=CCSc1ccc(F)cc1CO. The average molecular weight is 198 g/mol. The van der Waals surface area contributed by atoms with E-state index in [1.165, 1.54) is 23.9 Å².